The molecule has 0 heterocycles. The minimum atomic E-state index is -0.762. The van der Waals surface area contributed by atoms with Crippen LogP contribution in [0.5, 0.6) is 11.5 Å². The van der Waals surface area contributed by atoms with Crippen LogP contribution in [0.4, 0.5) is 0 Å². The molecule has 2 rings (SSSR count). The highest BCUT2D eigenvalue weighted by atomic mass is 35.5. The highest BCUT2D eigenvalue weighted by Crippen LogP contribution is 2.21. The lowest BCUT2D eigenvalue weighted by atomic mass is 10.2. The highest BCUT2D eigenvalue weighted by molar-refractivity contribution is 6.30. The molecule has 0 atom stereocenters. The molecule has 0 fully saturated rings. The molecular formula is C19H18ClNO6. The van der Waals surface area contributed by atoms with Crippen molar-refractivity contribution in [1.82, 2.24) is 5.32 Å². The second-order valence-corrected chi connectivity index (χ2v) is 5.87. The van der Waals surface area contributed by atoms with Gasteiger partial charge in [-0.25, -0.2) is 4.79 Å². The molecule has 0 aliphatic heterocycles. The van der Waals surface area contributed by atoms with E-state index in [4.69, 9.17) is 25.8 Å². The first-order valence-corrected chi connectivity index (χ1v) is 8.30. The molecule has 0 radical (unpaired) electrons. The fraction of sp³-hybridized carbons (Fsp3) is 0.211. The summed E-state index contributed by atoms with van der Waals surface area (Å²) in [6, 6.07) is 11.4. The van der Waals surface area contributed by atoms with Gasteiger partial charge in [-0.15, -0.1) is 0 Å². The third-order valence-corrected chi connectivity index (χ3v) is 3.69. The number of rotatable bonds is 7. The molecule has 0 saturated carbocycles. The summed E-state index contributed by atoms with van der Waals surface area (Å²) >= 11 is 5.84. The lowest BCUT2D eigenvalue weighted by Gasteiger charge is -2.10. The van der Waals surface area contributed by atoms with Crippen LogP contribution < -0.4 is 14.8 Å². The summed E-state index contributed by atoms with van der Waals surface area (Å²) in [6.45, 7) is 0.794. The smallest absolute Gasteiger partial charge is 0.344 e. The van der Waals surface area contributed by atoms with E-state index in [9.17, 15) is 14.4 Å². The van der Waals surface area contributed by atoms with Crippen LogP contribution in [0.15, 0.2) is 42.5 Å². The Morgan fingerprint density at radius 2 is 1.78 bits per heavy atom. The number of methoxy groups -OCH3 is 1. The Labute approximate surface area is 161 Å². The Kier molecular flexibility index (Phi) is 7.19. The summed E-state index contributed by atoms with van der Waals surface area (Å²) < 4.78 is 15.2. The number of para-hydroxylation sites is 1. The van der Waals surface area contributed by atoms with Crippen LogP contribution in [0.25, 0.3) is 0 Å². The van der Waals surface area contributed by atoms with Gasteiger partial charge in [0.1, 0.15) is 11.5 Å². The lowest BCUT2D eigenvalue weighted by Crippen LogP contribution is -2.34. The summed E-state index contributed by atoms with van der Waals surface area (Å²) in [4.78, 5) is 35.6. The number of hydrogen-bond acceptors (Lipinski definition) is 6. The number of benzene rings is 2. The first kappa shape index (κ1) is 20.3. The molecule has 0 saturated heterocycles. The van der Waals surface area contributed by atoms with Gasteiger partial charge in [0.2, 0.25) is 0 Å². The summed E-state index contributed by atoms with van der Waals surface area (Å²) in [7, 11) is 1.41. The van der Waals surface area contributed by atoms with Gasteiger partial charge >= 0.3 is 5.97 Å². The molecule has 0 unspecified atom stereocenters. The van der Waals surface area contributed by atoms with Crippen molar-refractivity contribution in [2.75, 3.05) is 20.3 Å². The molecular weight excluding hydrogens is 374 g/mol. The van der Waals surface area contributed by atoms with Gasteiger partial charge < -0.3 is 14.2 Å². The van der Waals surface area contributed by atoms with E-state index in [-0.39, 0.29) is 12.2 Å². The number of carbonyl (C=O) groups is 3. The molecule has 2 aromatic carbocycles. The molecule has 0 aliphatic carbocycles. The first-order valence-electron chi connectivity index (χ1n) is 7.92. The van der Waals surface area contributed by atoms with Crippen molar-refractivity contribution in [3.63, 3.8) is 0 Å². The van der Waals surface area contributed by atoms with Crippen molar-refractivity contribution in [2.45, 2.75) is 6.92 Å². The van der Waals surface area contributed by atoms with Gasteiger partial charge in [0, 0.05) is 5.02 Å². The summed E-state index contributed by atoms with van der Waals surface area (Å²) in [5.41, 5.74) is 0.955. The Bertz CT molecular complexity index is 852. The Morgan fingerprint density at radius 1 is 1.04 bits per heavy atom. The van der Waals surface area contributed by atoms with E-state index in [1.165, 1.54) is 13.2 Å². The molecule has 27 heavy (non-hydrogen) atoms. The van der Waals surface area contributed by atoms with Crippen molar-refractivity contribution in [3.05, 3.63) is 58.6 Å². The van der Waals surface area contributed by atoms with Gasteiger partial charge in [0.05, 0.1) is 12.7 Å². The van der Waals surface area contributed by atoms with E-state index in [1.54, 1.807) is 43.3 Å². The number of imide groups is 1. The maximum atomic E-state index is 12.1. The topological polar surface area (TPSA) is 90.9 Å². The molecule has 0 bridgehead atoms. The number of carbonyl (C=O) groups excluding carboxylic acids is 3. The maximum absolute atomic E-state index is 12.1. The quantitative estimate of drug-likeness (QED) is 0.729. The second-order valence-electron chi connectivity index (χ2n) is 5.44. The monoisotopic (exact) mass is 391 g/mol. The number of amides is 2. The largest absolute Gasteiger partial charge is 0.496 e. The summed E-state index contributed by atoms with van der Waals surface area (Å²) in [5.74, 6) is -1.36. The number of esters is 1. The maximum Gasteiger partial charge on any atom is 0.344 e. The van der Waals surface area contributed by atoms with Gasteiger partial charge in [0.25, 0.3) is 11.8 Å². The van der Waals surface area contributed by atoms with E-state index >= 15 is 0 Å². The number of aryl methyl sites for hydroxylation is 1. The summed E-state index contributed by atoms with van der Waals surface area (Å²) in [6.07, 6.45) is 0. The van der Waals surface area contributed by atoms with E-state index < -0.39 is 24.4 Å². The first-order chi connectivity index (χ1) is 12.9. The highest BCUT2D eigenvalue weighted by Gasteiger charge is 2.16. The molecule has 2 aromatic rings. The zero-order valence-corrected chi connectivity index (χ0v) is 15.5. The third kappa shape index (κ3) is 6.00. The average molecular weight is 392 g/mol. The van der Waals surface area contributed by atoms with Crippen molar-refractivity contribution in [3.8, 4) is 11.5 Å². The van der Waals surface area contributed by atoms with Gasteiger partial charge in [-0.2, -0.15) is 0 Å². The predicted octanol–water partition coefficient (Wildman–Crippen LogP) is 2.54. The summed E-state index contributed by atoms with van der Waals surface area (Å²) in [5, 5.41) is 2.68. The number of hydrogen-bond donors (Lipinski definition) is 1. The Morgan fingerprint density at radius 3 is 2.48 bits per heavy atom. The fourth-order valence-electron chi connectivity index (χ4n) is 2.16. The van der Waals surface area contributed by atoms with Crippen LogP contribution in [0.2, 0.25) is 5.02 Å². The molecule has 0 aromatic heterocycles. The van der Waals surface area contributed by atoms with Crippen LogP contribution in [0.1, 0.15) is 15.9 Å². The molecule has 0 spiro atoms. The molecule has 8 heteroatoms. The zero-order chi connectivity index (χ0) is 19.8. The molecule has 2 amide bonds. The van der Waals surface area contributed by atoms with Crippen LogP contribution in [0, 0.1) is 6.92 Å². The molecule has 142 valence electrons. The predicted molar refractivity (Wildman–Crippen MR) is 98.1 cm³/mol. The van der Waals surface area contributed by atoms with Crippen molar-refractivity contribution < 1.29 is 28.6 Å². The van der Waals surface area contributed by atoms with E-state index in [0.717, 1.165) is 5.56 Å². The minimum absolute atomic E-state index is 0.196. The average Bonchev–Trinajstić information content (AvgIpc) is 2.65. The van der Waals surface area contributed by atoms with Gasteiger partial charge in [-0.3, -0.25) is 14.9 Å². The van der Waals surface area contributed by atoms with Crippen molar-refractivity contribution >= 4 is 29.4 Å². The Balaban J connectivity index is 1.79. The van der Waals surface area contributed by atoms with E-state index in [1.807, 2.05) is 0 Å². The van der Waals surface area contributed by atoms with Crippen LogP contribution >= 0.6 is 11.6 Å². The van der Waals surface area contributed by atoms with E-state index in [0.29, 0.717) is 16.5 Å². The molecule has 0 aliphatic rings. The van der Waals surface area contributed by atoms with E-state index in [2.05, 4.69) is 5.32 Å². The zero-order valence-electron chi connectivity index (χ0n) is 14.8. The van der Waals surface area contributed by atoms with Crippen LogP contribution in [-0.4, -0.2) is 38.1 Å². The molecule has 1 N–H and O–H groups in total. The standard InChI is InChI=1S/C19H18ClNO6/c1-12-9-13(20)7-8-15(12)26-11-18(23)27-10-17(22)21-19(24)14-5-3-4-6-16(14)25-2/h3-9H,10-11H2,1-2H3,(H,21,22,24). The Hall–Kier alpha value is -3.06. The second kappa shape index (κ2) is 9.59. The minimum Gasteiger partial charge on any atom is -0.496 e. The van der Waals surface area contributed by atoms with Gasteiger partial charge in [-0.1, -0.05) is 23.7 Å². The number of nitrogens with one attached hydrogen (secondary N) is 1. The van der Waals surface area contributed by atoms with Crippen LogP contribution in [-0.2, 0) is 14.3 Å². The van der Waals surface area contributed by atoms with Gasteiger partial charge in [-0.05, 0) is 42.8 Å². The third-order valence-electron chi connectivity index (χ3n) is 3.45. The number of ether oxygens (including phenoxy) is 3. The van der Waals surface area contributed by atoms with Crippen molar-refractivity contribution in [2.24, 2.45) is 0 Å². The van der Waals surface area contributed by atoms with Gasteiger partial charge in [0.15, 0.2) is 13.2 Å². The fourth-order valence-corrected chi connectivity index (χ4v) is 2.39. The molecule has 7 nitrogen and oxygen atoms in total. The normalized spacial score (nSPS) is 10.0. The SMILES string of the molecule is COc1ccccc1C(=O)NC(=O)COC(=O)COc1ccc(Cl)cc1C. The number of halogens is 1. The van der Waals surface area contributed by atoms with Crippen LogP contribution in [0.3, 0.4) is 0 Å². The van der Waals surface area contributed by atoms with Crippen molar-refractivity contribution in [1.29, 1.82) is 0 Å². The lowest BCUT2D eigenvalue weighted by molar-refractivity contribution is -0.150.